The standard InChI is InChI=1S/C19H23FN2O2/c1-13(2)15-8-6-7-14(3)18(15)22-19(23)21-11-12-24-17-10-5-4-9-16(17)20/h4-10,13H,11-12H2,1-3H3,(H2,21,22,23). The Balaban J connectivity index is 1.85. The van der Waals surface area contributed by atoms with Gasteiger partial charge in [0.25, 0.3) is 0 Å². The van der Waals surface area contributed by atoms with E-state index in [9.17, 15) is 9.18 Å². The summed E-state index contributed by atoms with van der Waals surface area (Å²) in [6, 6.07) is 11.8. The van der Waals surface area contributed by atoms with Crippen molar-refractivity contribution < 1.29 is 13.9 Å². The van der Waals surface area contributed by atoms with Crippen molar-refractivity contribution in [2.24, 2.45) is 0 Å². The van der Waals surface area contributed by atoms with Gasteiger partial charge in [0.2, 0.25) is 0 Å². The molecule has 2 rings (SSSR count). The van der Waals surface area contributed by atoms with E-state index in [2.05, 4.69) is 24.5 Å². The van der Waals surface area contributed by atoms with Gasteiger partial charge in [-0.05, 0) is 36.1 Å². The maximum Gasteiger partial charge on any atom is 0.319 e. The number of carbonyl (C=O) groups excluding carboxylic acids is 1. The maximum absolute atomic E-state index is 13.4. The molecular weight excluding hydrogens is 307 g/mol. The van der Waals surface area contributed by atoms with Gasteiger partial charge < -0.3 is 15.4 Å². The van der Waals surface area contributed by atoms with Crippen molar-refractivity contribution in [2.45, 2.75) is 26.7 Å². The lowest BCUT2D eigenvalue weighted by Crippen LogP contribution is -2.32. The molecule has 5 heteroatoms. The quantitative estimate of drug-likeness (QED) is 0.768. The zero-order chi connectivity index (χ0) is 17.5. The van der Waals surface area contributed by atoms with Crippen molar-refractivity contribution in [3.63, 3.8) is 0 Å². The Bertz CT molecular complexity index is 702. The molecule has 2 aromatic rings. The number of aryl methyl sites for hydroxylation is 1. The zero-order valence-electron chi connectivity index (χ0n) is 14.2. The second-order valence-corrected chi connectivity index (χ2v) is 5.85. The molecule has 128 valence electrons. The van der Waals surface area contributed by atoms with Crippen LogP contribution in [0, 0.1) is 12.7 Å². The van der Waals surface area contributed by atoms with E-state index in [1.807, 2.05) is 25.1 Å². The molecule has 0 atom stereocenters. The van der Waals surface area contributed by atoms with Gasteiger partial charge in [-0.2, -0.15) is 0 Å². The average molecular weight is 330 g/mol. The van der Waals surface area contributed by atoms with Crippen molar-refractivity contribution >= 4 is 11.7 Å². The summed E-state index contributed by atoms with van der Waals surface area (Å²) < 4.78 is 18.7. The molecule has 0 saturated heterocycles. The molecule has 0 bridgehead atoms. The summed E-state index contributed by atoms with van der Waals surface area (Å²) in [6.45, 7) is 6.60. The second kappa shape index (κ2) is 8.34. The van der Waals surface area contributed by atoms with Crippen LogP contribution in [0.4, 0.5) is 14.9 Å². The number of para-hydroxylation sites is 2. The summed E-state index contributed by atoms with van der Waals surface area (Å²) in [5, 5.41) is 5.61. The van der Waals surface area contributed by atoms with Crippen molar-refractivity contribution in [1.29, 1.82) is 0 Å². The molecule has 0 aliphatic carbocycles. The smallest absolute Gasteiger partial charge is 0.319 e. The predicted molar refractivity (Wildman–Crippen MR) is 94.2 cm³/mol. The average Bonchev–Trinajstić information content (AvgIpc) is 2.54. The van der Waals surface area contributed by atoms with Crippen LogP contribution >= 0.6 is 0 Å². The van der Waals surface area contributed by atoms with E-state index in [0.717, 1.165) is 16.8 Å². The van der Waals surface area contributed by atoms with E-state index < -0.39 is 5.82 Å². The fourth-order valence-corrected chi connectivity index (χ4v) is 2.39. The maximum atomic E-state index is 13.4. The largest absolute Gasteiger partial charge is 0.489 e. The van der Waals surface area contributed by atoms with Crippen LogP contribution in [-0.2, 0) is 0 Å². The number of ether oxygens (including phenoxy) is 1. The van der Waals surface area contributed by atoms with Crippen LogP contribution in [0.1, 0.15) is 30.9 Å². The highest BCUT2D eigenvalue weighted by Crippen LogP contribution is 2.27. The Labute approximate surface area is 142 Å². The molecule has 0 radical (unpaired) electrons. The van der Waals surface area contributed by atoms with E-state index in [1.165, 1.54) is 6.07 Å². The first-order valence-electron chi connectivity index (χ1n) is 8.00. The van der Waals surface area contributed by atoms with Gasteiger partial charge >= 0.3 is 6.03 Å². The van der Waals surface area contributed by atoms with Crippen molar-refractivity contribution in [3.05, 3.63) is 59.4 Å². The van der Waals surface area contributed by atoms with Crippen LogP contribution in [0.3, 0.4) is 0 Å². The molecule has 0 aliphatic rings. The van der Waals surface area contributed by atoms with Gasteiger partial charge in [0, 0.05) is 5.69 Å². The van der Waals surface area contributed by atoms with Gasteiger partial charge in [0.1, 0.15) is 6.61 Å². The number of rotatable bonds is 6. The molecule has 0 fully saturated rings. The molecule has 0 aliphatic heterocycles. The molecule has 24 heavy (non-hydrogen) atoms. The third kappa shape index (κ3) is 4.72. The summed E-state index contributed by atoms with van der Waals surface area (Å²) in [5.74, 6) is 0.0775. The number of hydrogen-bond donors (Lipinski definition) is 2. The van der Waals surface area contributed by atoms with Gasteiger partial charge in [0.05, 0.1) is 6.54 Å². The van der Waals surface area contributed by atoms with Crippen molar-refractivity contribution in [1.82, 2.24) is 5.32 Å². The highest BCUT2D eigenvalue weighted by Gasteiger charge is 2.11. The first-order valence-corrected chi connectivity index (χ1v) is 8.00. The van der Waals surface area contributed by atoms with E-state index in [0.29, 0.717) is 5.92 Å². The fraction of sp³-hybridized carbons (Fsp3) is 0.316. The predicted octanol–water partition coefficient (Wildman–Crippen LogP) is 4.46. The van der Waals surface area contributed by atoms with Crippen LogP contribution in [0.2, 0.25) is 0 Å². The number of amides is 2. The Morgan fingerprint density at radius 3 is 2.62 bits per heavy atom. The fourth-order valence-electron chi connectivity index (χ4n) is 2.39. The number of carbonyl (C=O) groups is 1. The molecule has 0 spiro atoms. The first kappa shape index (κ1) is 17.8. The van der Waals surface area contributed by atoms with Gasteiger partial charge in [-0.3, -0.25) is 0 Å². The van der Waals surface area contributed by atoms with E-state index in [4.69, 9.17) is 4.74 Å². The lowest BCUT2D eigenvalue weighted by molar-refractivity contribution is 0.246. The van der Waals surface area contributed by atoms with Gasteiger partial charge in [-0.25, -0.2) is 9.18 Å². The molecule has 4 nitrogen and oxygen atoms in total. The van der Waals surface area contributed by atoms with Crippen LogP contribution in [0.5, 0.6) is 5.75 Å². The van der Waals surface area contributed by atoms with Gasteiger partial charge in [-0.1, -0.05) is 44.2 Å². The summed E-state index contributed by atoms with van der Waals surface area (Å²) >= 11 is 0. The summed E-state index contributed by atoms with van der Waals surface area (Å²) in [5.41, 5.74) is 2.94. The number of hydrogen-bond acceptors (Lipinski definition) is 2. The third-order valence-corrected chi connectivity index (χ3v) is 3.65. The lowest BCUT2D eigenvalue weighted by Gasteiger charge is -2.17. The molecule has 2 aromatic carbocycles. The zero-order valence-corrected chi connectivity index (χ0v) is 14.2. The lowest BCUT2D eigenvalue weighted by atomic mass is 9.98. The third-order valence-electron chi connectivity index (χ3n) is 3.65. The summed E-state index contributed by atoms with van der Waals surface area (Å²) in [7, 11) is 0. The Kier molecular flexibility index (Phi) is 6.18. The molecule has 0 saturated carbocycles. The number of halogens is 1. The number of nitrogens with one attached hydrogen (secondary N) is 2. The minimum Gasteiger partial charge on any atom is -0.489 e. The van der Waals surface area contributed by atoms with Gasteiger partial charge in [0.15, 0.2) is 11.6 Å². The van der Waals surface area contributed by atoms with E-state index >= 15 is 0 Å². The monoisotopic (exact) mass is 330 g/mol. The highest BCUT2D eigenvalue weighted by atomic mass is 19.1. The minimum absolute atomic E-state index is 0.181. The van der Waals surface area contributed by atoms with Crippen LogP contribution in [0.25, 0.3) is 0 Å². The topological polar surface area (TPSA) is 50.4 Å². The van der Waals surface area contributed by atoms with E-state index in [1.54, 1.807) is 18.2 Å². The molecule has 2 amide bonds. The first-order chi connectivity index (χ1) is 11.5. The number of anilines is 1. The Morgan fingerprint density at radius 2 is 1.92 bits per heavy atom. The van der Waals surface area contributed by atoms with Crippen molar-refractivity contribution in [2.75, 3.05) is 18.5 Å². The number of urea groups is 1. The summed E-state index contributed by atoms with van der Waals surface area (Å²) in [6.07, 6.45) is 0. The molecule has 0 heterocycles. The summed E-state index contributed by atoms with van der Waals surface area (Å²) in [4.78, 5) is 12.1. The number of benzene rings is 2. The second-order valence-electron chi connectivity index (χ2n) is 5.85. The highest BCUT2D eigenvalue weighted by molar-refractivity contribution is 5.91. The molecule has 2 N–H and O–H groups in total. The normalized spacial score (nSPS) is 10.5. The Hall–Kier alpha value is -2.56. The van der Waals surface area contributed by atoms with E-state index in [-0.39, 0.29) is 24.9 Å². The molecule has 0 aromatic heterocycles. The molecule has 0 unspecified atom stereocenters. The SMILES string of the molecule is Cc1cccc(C(C)C)c1NC(=O)NCCOc1ccccc1F. The van der Waals surface area contributed by atoms with Crippen LogP contribution in [0.15, 0.2) is 42.5 Å². The van der Waals surface area contributed by atoms with Crippen LogP contribution < -0.4 is 15.4 Å². The minimum atomic E-state index is -0.413. The Morgan fingerprint density at radius 1 is 1.17 bits per heavy atom. The van der Waals surface area contributed by atoms with Crippen molar-refractivity contribution in [3.8, 4) is 5.75 Å². The van der Waals surface area contributed by atoms with Crippen LogP contribution in [-0.4, -0.2) is 19.2 Å². The van der Waals surface area contributed by atoms with Gasteiger partial charge in [-0.15, -0.1) is 0 Å². The molecular formula is C19H23FN2O2.